The first-order chi connectivity index (χ1) is 9.22. The van der Waals surface area contributed by atoms with Crippen molar-refractivity contribution in [2.75, 3.05) is 0 Å². The molecule has 0 bridgehead atoms. The Balaban J connectivity index is 1.70. The highest BCUT2D eigenvalue weighted by atomic mass is 15.0. The lowest BCUT2D eigenvalue weighted by Gasteiger charge is -2.44. The Kier molecular flexibility index (Phi) is 3.36. The largest absolute Gasteiger partial charge is 0.361 e. The molecule has 1 heterocycles. The van der Waals surface area contributed by atoms with Gasteiger partial charge in [0.1, 0.15) is 0 Å². The lowest BCUT2D eigenvalue weighted by Crippen LogP contribution is -2.54. The van der Waals surface area contributed by atoms with E-state index in [4.69, 9.17) is 0 Å². The van der Waals surface area contributed by atoms with Gasteiger partial charge in [-0.3, -0.25) is 0 Å². The average molecular weight is 256 g/mol. The summed E-state index contributed by atoms with van der Waals surface area (Å²) in [6.07, 6.45) is 8.61. The summed E-state index contributed by atoms with van der Waals surface area (Å²) in [7, 11) is 0. The summed E-state index contributed by atoms with van der Waals surface area (Å²) in [5.41, 5.74) is 3.12. The van der Waals surface area contributed by atoms with Gasteiger partial charge in [0.05, 0.1) is 0 Å². The molecule has 0 unspecified atom stereocenters. The summed E-state index contributed by atoms with van der Waals surface area (Å²) in [5.74, 6) is 0. The molecule has 1 aliphatic rings. The van der Waals surface area contributed by atoms with Crippen LogP contribution in [0, 0.1) is 0 Å². The summed E-state index contributed by atoms with van der Waals surface area (Å²) in [5, 5.41) is 5.24. The van der Waals surface area contributed by atoms with Gasteiger partial charge in [-0.05, 0) is 50.7 Å². The maximum atomic E-state index is 3.87. The van der Waals surface area contributed by atoms with E-state index in [1.54, 1.807) is 0 Å². The molecule has 2 N–H and O–H groups in total. The normalized spacial score (nSPS) is 19.3. The Morgan fingerprint density at radius 3 is 2.79 bits per heavy atom. The van der Waals surface area contributed by atoms with E-state index >= 15 is 0 Å². The van der Waals surface area contributed by atoms with E-state index in [2.05, 4.69) is 54.6 Å². The fourth-order valence-corrected chi connectivity index (χ4v) is 3.41. The maximum Gasteiger partial charge on any atom is 0.0456 e. The number of aromatic nitrogens is 1. The third kappa shape index (κ3) is 2.42. The zero-order chi connectivity index (χ0) is 13.3. The second-order valence-electron chi connectivity index (χ2n) is 6.10. The lowest BCUT2D eigenvalue weighted by atomic mass is 9.74. The zero-order valence-electron chi connectivity index (χ0n) is 12.0. The highest BCUT2D eigenvalue weighted by molar-refractivity contribution is 5.83. The van der Waals surface area contributed by atoms with Gasteiger partial charge in [0.25, 0.3) is 0 Å². The minimum Gasteiger partial charge on any atom is -0.361 e. The van der Waals surface area contributed by atoms with Crippen molar-refractivity contribution in [1.29, 1.82) is 0 Å². The molecule has 1 atom stereocenters. The monoisotopic (exact) mass is 256 g/mol. The van der Waals surface area contributed by atoms with Crippen LogP contribution in [0.3, 0.4) is 0 Å². The fourth-order valence-electron chi connectivity index (χ4n) is 3.41. The van der Waals surface area contributed by atoms with Crippen molar-refractivity contribution >= 4 is 10.9 Å². The highest BCUT2D eigenvalue weighted by Crippen LogP contribution is 2.35. The van der Waals surface area contributed by atoms with Gasteiger partial charge in [-0.1, -0.05) is 25.1 Å². The van der Waals surface area contributed by atoms with Crippen molar-refractivity contribution in [1.82, 2.24) is 10.3 Å². The molecule has 2 heteroatoms. The van der Waals surface area contributed by atoms with Crippen LogP contribution in [-0.4, -0.2) is 16.6 Å². The smallest absolute Gasteiger partial charge is 0.0456 e. The van der Waals surface area contributed by atoms with Crippen LogP contribution in [0.25, 0.3) is 10.9 Å². The fraction of sp³-hybridized carbons (Fsp3) is 0.529. The van der Waals surface area contributed by atoms with Gasteiger partial charge in [0.2, 0.25) is 0 Å². The van der Waals surface area contributed by atoms with Gasteiger partial charge in [-0.2, -0.15) is 0 Å². The van der Waals surface area contributed by atoms with Crippen molar-refractivity contribution in [3.8, 4) is 0 Å². The van der Waals surface area contributed by atoms with E-state index in [0.717, 1.165) is 6.42 Å². The molecule has 0 radical (unpaired) electrons. The predicted molar refractivity (Wildman–Crippen MR) is 81.5 cm³/mol. The second kappa shape index (κ2) is 5.01. The van der Waals surface area contributed by atoms with E-state index in [1.165, 1.54) is 42.1 Å². The molecule has 1 aromatic carbocycles. The number of hydrogen-bond donors (Lipinski definition) is 2. The molecule has 1 fully saturated rings. The topological polar surface area (TPSA) is 27.8 Å². The van der Waals surface area contributed by atoms with Gasteiger partial charge in [-0.25, -0.2) is 0 Å². The number of fused-ring (bicyclic) bond motifs is 1. The van der Waals surface area contributed by atoms with Crippen LogP contribution in [0.5, 0.6) is 0 Å². The summed E-state index contributed by atoms with van der Waals surface area (Å²) < 4.78 is 0. The minimum absolute atomic E-state index is 0.436. The van der Waals surface area contributed by atoms with Crippen LogP contribution >= 0.6 is 0 Å². The number of H-pyrrole nitrogens is 1. The van der Waals surface area contributed by atoms with Gasteiger partial charge >= 0.3 is 0 Å². The van der Waals surface area contributed by atoms with Crippen LogP contribution in [0.1, 0.15) is 45.1 Å². The number of rotatable bonds is 5. The predicted octanol–water partition coefficient (Wildman–Crippen LogP) is 4.02. The number of hydrogen-bond acceptors (Lipinski definition) is 1. The molecule has 3 rings (SSSR count). The quantitative estimate of drug-likeness (QED) is 0.830. The molecule has 1 aliphatic carbocycles. The SMILES string of the molecule is CCC1(N[C@H](C)Cc2c[nH]c3ccccc23)CCC1. The molecule has 0 saturated heterocycles. The molecule has 2 aromatic rings. The molecule has 102 valence electrons. The molecule has 0 aliphatic heterocycles. The van der Waals surface area contributed by atoms with Crippen LogP contribution in [-0.2, 0) is 6.42 Å². The maximum absolute atomic E-state index is 3.87. The third-order valence-electron chi connectivity index (χ3n) is 4.74. The Labute approximate surface area is 115 Å². The molecular formula is C17H24N2. The lowest BCUT2D eigenvalue weighted by molar-refractivity contribution is 0.160. The third-order valence-corrected chi connectivity index (χ3v) is 4.74. The molecule has 2 nitrogen and oxygen atoms in total. The first-order valence-electron chi connectivity index (χ1n) is 7.55. The average Bonchev–Trinajstić information content (AvgIpc) is 2.78. The van der Waals surface area contributed by atoms with Gasteiger partial charge in [0, 0.05) is 28.7 Å². The standard InChI is InChI=1S/C17H24N2/c1-3-17(9-6-10-17)19-13(2)11-14-12-18-16-8-5-4-7-15(14)16/h4-5,7-8,12-13,18-19H,3,6,9-11H2,1-2H3/t13-/m1/s1. The Morgan fingerprint density at radius 2 is 2.11 bits per heavy atom. The van der Waals surface area contributed by atoms with E-state index in [9.17, 15) is 0 Å². The van der Waals surface area contributed by atoms with Crippen LogP contribution in [0.2, 0.25) is 0 Å². The van der Waals surface area contributed by atoms with Gasteiger partial charge < -0.3 is 10.3 Å². The number of para-hydroxylation sites is 1. The first kappa shape index (κ1) is 12.7. The molecule has 19 heavy (non-hydrogen) atoms. The van der Waals surface area contributed by atoms with E-state index in [-0.39, 0.29) is 0 Å². The highest BCUT2D eigenvalue weighted by Gasteiger charge is 2.35. The zero-order valence-corrected chi connectivity index (χ0v) is 12.0. The summed E-state index contributed by atoms with van der Waals surface area (Å²) in [6, 6.07) is 9.12. The van der Waals surface area contributed by atoms with Crippen molar-refractivity contribution in [3.63, 3.8) is 0 Å². The second-order valence-corrected chi connectivity index (χ2v) is 6.10. The molecule has 0 spiro atoms. The summed E-state index contributed by atoms with van der Waals surface area (Å²) in [4.78, 5) is 3.37. The van der Waals surface area contributed by atoms with Crippen LogP contribution < -0.4 is 5.32 Å². The minimum atomic E-state index is 0.436. The van der Waals surface area contributed by atoms with Crippen LogP contribution in [0.4, 0.5) is 0 Å². The Hall–Kier alpha value is -1.28. The van der Waals surface area contributed by atoms with Crippen molar-refractivity contribution in [2.24, 2.45) is 0 Å². The summed E-state index contributed by atoms with van der Waals surface area (Å²) >= 11 is 0. The summed E-state index contributed by atoms with van der Waals surface area (Å²) in [6.45, 7) is 4.63. The van der Waals surface area contributed by atoms with Crippen molar-refractivity contribution in [3.05, 3.63) is 36.0 Å². The molecule has 1 aromatic heterocycles. The van der Waals surface area contributed by atoms with Crippen molar-refractivity contribution in [2.45, 2.75) is 57.5 Å². The van der Waals surface area contributed by atoms with Gasteiger partial charge in [-0.15, -0.1) is 0 Å². The molecule has 0 amide bonds. The van der Waals surface area contributed by atoms with Crippen LogP contribution in [0.15, 0.2) is 30.5 Å². The Bertz CT molecular complexity index is 546. The van der Waals surface area contributed by atoms with E-state index in [0.29, 0.717) is 11.6 Å². The van der Waals surface area contributed by atoms with E-state index < -0.39 is 0 Å². The van der Waals surface area contributed by atoms with E-state index in [1.807, 2.05) is 0 Å². The number of nitrogens with one attached hydrogen (secondary N) is 2. The Morgan fingerprint density at radius 1 is 1.32 bits per heavy atom. The number of aromatic amines is 1. The van der Waals surface area contributed by atoms with Crippen molar-refractivity contribution < 1.29 is 0 Å². The molecular weight excluding hydrogens is 232 g/mol. The molecule has 1 saturated carbocycles. The number of benzene rings is 1. The first-order valence-corrected chi connectivity index (χ1v) is 7.55. The van der Waals surface area contributed by atoms with Gasteiger partial charge in [0.15, 0.2) is 0 Å².